The predicted molar refractivity (Wildman–Crippen MR) is 92.4 cm³/mol. The third-order valence-electron chi connectivity index (χ3n) is 4.89. The lowest BCUT2D eigenvalue weighted by Gasteiger charge is -2.31. The zero-order valence-corrected chi connectivity index (χ0v) is 13.3. The molecule has 0 N–H and O–H groups in total. The Balaban J connectivity index is 1.65. The van der Waals surface area contributed by atoms with Crippen LogP contribution in [0.5, 0.6) is 0 Å². The van der Waals surface area contributed by atoms with Crippen LogP contribution in [0.15, 0.2) is 72.8 Å². The van der Waals surface area contributed by atoms with Crippen LogP contribution in [0, 0.1) is 0 Å². The molecule has 2 aromatic rings. The molecular weight excluding hydrogens is 288 g/mol. The first-order valence-corrected chi connectivity index (χ1v) is 8.56. The molecule has 3 atom stereocenters. The first-order valence-electron chi connectivity index (χ1n) is 7.68. The van der Waals surface area contributed by atoms with E-state index < -0.39 is 0 Å². The molecule has 0 amide bonds. The topological polar surface area (TPSA) is 17.1 Å². The normalized spacial score (nSPS) is 32.3. The molecule has 110 valence electrons. The SMILES string of the molecule is CC1(c2ccccc2)C=CC2(C(=O)c3ccccc3)SC2C1. The molecule has 2 aromatic carbocycles. The van der Waals surface area contributed by atoms with Gasteiger partial charge in [-0.2, -0.15) is 0 Å². The Bertz CT molecular complexity index is 737. The van der Waals surface area contributed by atoms with Crippen LogP contribution in [0.3, 0.4) is 0 Å². The van der Waals surface area contributed by atoms with E-state index in [1.807, 2.05) is 42.1 Å². The number of hydrogen-bond acceptors (Lipinski definition) is 2. The molecule has 0 radical (unpaired) electrons. The second-order valence-electron chi connectivity index (χ2n) is 6.42. The number of rotatable bonds is 3. The van der Waals surface area contributed by atoms with E-state index in [-0.39, 0.29) is 15.9 Å². The number of Topliss-reactive ketones (excluding diaryl/α,β-unsaturated/α-hetero) is 1. The van der Waals surface area contributed by atoms with Crippen molar-refractivity contribution in [3.05, 3.63) is 83.9 Å². The van der Waals surface area contributed by atoms with Crippen LogP contribution in [0.4, 0.5) is 0 Å². The minimum absolute atomic E-state index is 0.0376. The summed E-state index contributed by atoms with van der Waals surface area (Å²) in [5.74, 6) is 0.259. The van der Waals surface area contributed by atoms with Gasteiger partial charge in [-0.05, 0) is 12.0 Å². The van der Waals surface area contributed by atoms with E-state index in [0.29, 0.717) is 5.25 Å². The van der Waals surface area contributed by atoms with Crippen molar-refractivity contribution in [3.63, 3.8) is 0 Å². The van der Waals surface area contributed by atoms with Crippen LogP contribution in [0.1, 0.15) is 29.3 Å². The number of fused-ring (bicyclic) bond motifs is 1. The van der Waals surface area contributed by atoms with Gasteiger partial charge in [-0.1, -0.05) is 79.7 Å². The van der Waals surface area contributed by atoms with Gasteiger partial charge in [0.05, 0.1) is 0 Å². The molecule has 0 bridgehead atoms. The van der Waals surface area contributed by atoms with Crippen LogP contribution < -0.4 is 0 Å². The molecule has 2 heteroatoms. The second kappa shape index (κ2) is 4.85. The molecule has 1 nitrogen and oxygen atoms in total. The Morgan fingerprint density at radius 3 is 2.27 bits per heavy atom. The summed E-state index contributed by atoms with van der Waals surface area (Å²) in [5.41, 5.74) is 2.19. The number of ketones is 1. The molecule has 1 aliphatic carbocycles. The molecule has 0 saturated carbocycles. The number of thioether (sulfide) groups is 1. The molecule has 4 rings (SSSR count). The first kappa shape index (κ1) is 13.8. The van der Waals surface area contributed by atoms with E-state index in [0.717, 1.165) is 12.0 Å². The van der Waals surface area contributed by atoms with Crippen LogP contribution in [0.2, 0.25) is 0 Å². The van der Waals surface area contributed by atoms with E-state index in [2.05, 4.69) is 49.4 Å². The van der Waals surface area contributed by atoms with Crippen LogP contribution >= 0.6 is 11.8 Å². The number of hydrogen-bond donors (Lipinski definition) is 0. The molecule has 3 unspecified atom stereocenters. The summed E-state index contributed by atoms with van der Waals surface area (Å²) in [4.78, 5) is 12.8. The smallest absolute Gasteiger partial charge is 0.183 e. The molecule has 1 fully saturated rings. The molecule has 22 heavy (non-hydrogen) atoms. The highest BCUT2D eigenvalue weighted by atomic mass is 32.2. The van der Waals surface area contributed by atoms with E-state index in [9.17, 15) is 4.79 Å². The predicted octanol–water partition coefficient (Wildman–Crippen LogP) is 4.64. The quantitative estimate of drug-likeness (QED) is 0.467. The van der Waals surface area contributed by atoms with Gasteiger partial charge in [0.25, 0.3) is 0 Å². The summed E-state index contributed by atoms with van der Waals surface area (Å²) < 4.78 is -0.310. The van der Waals surface area contributed by atoms with E-state index in [1.165, 1.54) is 5.56 Å². The summed E-state index contributed by atoms with van der Waals surface area (Å²) >= 11 is 1.81. The highest BCUT2D eigenvalue weighted by molar-refractivity contribution is 8.10. The minimum atomic E-state index is -0.310. The fourth-order valence-corrected chi connectivity index (χ4v) is 4.90. The second-order valence-corrected chi connectivity index (χ2v) is 7.90. The van der Waals surface area contributed by atoms with Crippen LogP contribution in [0.25, 0.3) is 0 Å². The minimum Gasteiger partial charge on any atom is -0.292 e. The largest absolute Gasteiger partial charge is 0.292 e. The van der Waals surface area contributed by atoms with Gasteiger partial charge in [0, 0.05) is 16.2 Å². The number of allylic oxidation sites excluding steroid dienone is 1. The summed E-state index contributed by atoms with van der Waals surface area (Å²) in [6.45, 7) is 2.27. The van der Waals surface area contributed by atoms with Crippen molar-refractivity contribution in [2.45, 2.75) is 28.8 Å². The number of carbonyl (C=O) groups is 1. The molecule has 1 aliphatic heterocycles. The number of carbonyl (C=O) groups excluding carboxylic acids is 1. The van der Waals surface area contributed by atoms with Crippen molar-refractivity contribution >= 4 is 17.5 Å². The lowest BCUT2D eigenvalue weighted by molar-refractivity contribution is 0.0970. The molecule has 1 saturated heterocycles. The van der Waals surface area contributed by atoms with E-state index in [1.54, 1.807) is 0 Å². The number of benzene rings is 2. The van der Waals surface area contributed by atoms with Gasteiger partial charge in [0.2, 0.25) is 0 Å². The zero-order valence-electron chi connectivity index (χ0n) is 12.5. The monoisotopic (exact) mass is 306 g/mol. The Labute approximate surface area is 135 Å². The van der Waals surface area contributed by atoms with Crippen molar-refractivity contribution in [3.8, 4) is 0 Å². The van der Waals surface area contributed by atoms with Gasteiger partial charge in [0.1, 0.15) is 4.75 Å². The van der Waals surface area contributed by atoms with Gasteiger partial charge in [-0.3, -0.25) is 4.79 Å². The Hall–Kier alpha value is -1.80. The lowest BCUT2D eigenvalue weighted by atomic mass is 9.71. The molecule has 0 aromatic heterocycles. The average molecular weight is 306 g/mol. The van der Waals surface area contributed by atoms with Gasteiger partial charge in [-0.15, -0.1) is 11.8 Å². The molecule has 1 heterocycles. The van der Waals surface area contributed by atoms with Crippen molar-refractivity contribution in [1.29, 1.82) is 0 Å². The fourth-order valence-electron chi connectivity index (χ4n) is 3.43. The Morgan fingerprint density at radius 1 is 1.00 bits per heavy atom. The van der Waals surface area contributed by atoms with E-state index in [4.69, 9.17) is 0 Å². The van der Waals surface area contributed by atoms with Crippen LogP contribution in [-0.4, -0.2) is 15.8 Å². The van der Waals surface area contributed by atoms with Crippen molar-refractivity contribution in [2.75, 3.05) is 0 Å². The summed E-state index contributed by atoms with van der Waals surface area (Å²) in [6, 6.07) is 20.3. The van der Waals surface area contributed by atoms with Gasteiger partial charge in [-0.25, -0.2) is 0 Å². The van der Waals surface area contributed by atoms with Gasteiger partial charge < -0.3 is 0 Å². The lowest BCUT2D eigenvalue weighted by Crippen LogP contribution is -2.34. The highest BCUT2D eigenvalue weighted by Crippen LogP contribution is 2.63. The van der Waals surface area contributed by atoms with Crippen molar-refractivity contribution in [1.82, 2.24) is 0 Å². The Kier molecular flexibility index (Phi) is 3.05. The molecule has 2 aliphatic rings. The van der Waals surface area contributed by atoms with Gasteiger partial charge >= 0.3 is 0 Å². The maximum atomic E-state index is 12.8. The zero-order chi connectivity index (χ0) is 15.2. The van der Waals surface area contributed by atoms with E-state index >= 15 is 0 Å². The van der Waals surface area contributed by atoms with Crippen molar-refractivity contribution < 1.29 is 4.79 Å². The Morgan fingerprint density at radius 2 is 1.64 bits per heavy atom. The molecule has 0 spiro atoms. The fraction of sp³-hybridized carbons (Fsp3) is 0.250. The average Bonchev–Trinajstić information content (AvgIpc) is 3.30. The maximum Gasteiger partial charge on any atom is 0.183 e. The summed E-state index contributed by atoms with van der Waals surface area (Å²) in [7, 11) is 0. The van der Waals surface area contributed by atoms with Crippen molar-refractivity contribution in [2.24, 2.45) is 0 Å². The maximum absolute atomic E-state index is 12.8. The highest BCUT2D eigenvalue weighted by Gasteiger charge is 2.62. The molecular formula is C20H18OS. The summed E-state index contributed by atoms with van der Waals surface area (Å²) in [6.07, 6.45) is 5.44. The third kappa shape index (κ3) is 2.05. The first-order chi connectivity index (χ1) is 10.6. The van der Waals surface area contributed by atoms with Crippen LogP contribution in [-0.2, 0) is 5.41 Å². The summed E-state index contributed by atoms with van der Waals surface area (Å²) in [5, 5.41) is 0.399. The third-order valence-corrected chi connectivity index (χ3v) is 6.46. The van der Waals surface area contributed by atoms with Gasteiger partial charge in [0.15, 0.2) is 5.78 Å². The standard InChI is InChI=1S/C20H18OS/c1-19(16-10-6-3-7-11-16)12-13-20(17(14-19)22-20)18(21)15-8-4-2-5-9-15/h2-13,17H,14H2,1H3.